The minimum atomic E-state index is -0.841. The Kier molecular flexibility index (Phi) is 5.45. The summed E-state index contributed by atoms with van der Waals surface area (Å²) in [5.41, 5.74) is 0.650. The van der Waals surface area contributed by atoms with Crippen LogP contribution in [0, 0.1) is 0 Å². The third-order valence-electron chi connectivity index (χ3n) is 4.60. The molecule has 1 aromatic rings. The Morgan fingerprint density at radius 3 is 2.40 bits per heavy atom. The summed E-state index contributed by atoms with van der Waals surface area (Å²) in [5.74, 6) is -0.0278. The Balaban J connectivity index is 2.40. The average molecular weight is 347 g/mol. The van der Waals surface area contributed by atoms with Crippen LogP contribution in [0.5, 0.6) is 0 Å². The van der Waals surface area contributed by atoms with Crippen molar-refractivity contribution in [2.75, 3.05) is 20.2 Å². The van der Waals surface area contributed by atoms with Gasteiger partial charge in [0.25, 0.3) is 0 Å². The number of carbonyl (C=O) groups is 2. The molecule has 1 atom stereocenters. The number of rotatable bonds is 3. The second-order valence-corrected chi connectivity index (χ2v) is 7.97. The molecule has 0 bridgehead atoms. The van der Waals surface area contributed by atoms with E-state index < -0.39 is 11.0 Å². The van der Waals surface area contributed by atoms with Crippen LogP contribution in [0.2, 0.25) is 0 Å². The van der Waals surface area contributed by atoms with E-state index >= 15 is 0 Å². The number of hydrogen-bond acceptors (Lipinski definition) is 4. The van der Waals surface area contributed by atoms with E-state index in [-0.39, 0.29) is 24.5 Å². The molecule has 1 aromatic carbocycles. The Morgan fingerprint density at radius 1 is 1.20 bits per heavy atom. The lowest BCUT2D eigenvalue weighted by Gasteiger charge is -2.30. The first kappa shape index (κ1) is 19.3. The van der Waals surface area contributed by atoms with E-state index in [2.05, 4.69) is 13.8 Å². The Labute approximate surface area is 150 Å². The molecule has 0 spiro atoms. The summed E-state index contributed by atoms with van der Waals surface area (Å²) in [6.07, 6.45) is 0.142. The molecule has 1 saturated heterocycles. The number of hydrogen-bond donors (Lipinski definition) is 0. The quantitative estimate of drug-likeness (QED) is 0.779. The molecule has 5 nitrogen and oxygen atoms in total. The summed E-state index contributed by atoms with van der Waals surface area (Å²) in [6.45, 7) is 10.5. The molecule has 0 N–H and O–H groups in total. The SMILES string of the molecule is COC(=O)C1(c2ccccc2C(C)C)CCN(C(=O)OC(C)(C)C)C1. The minimum Gasteiger partial charge on any atom is -0.468 e. The molecule has 25 heavy (non-hydrogen) atoms. The molecule has 138 valence electrons. The van der Waals surface area contributed by atoms with Crippen molar-refractivity contribution in [3.8, 4) is 0 Å². The van der Waals surface area contributed by atoms with Gasteiger partial charge in [-0.2, -0.15) is 0 Å². The largest absolute Gasteiger partial charge is 0.468 e. The second-order valence-electron chi connectivity index (χ2n) is 7.97. The van der Waals surface area contributed by atoms with Gasteiger partial charge in [0.05, 0.1) is 7.11 Å². The molecule has 0 aromatic heterocycles. The highest BCUT2D eigenvalue weighted by molar-refractivity contribution is 5.86. The fourth-order valence-corrected chi connectivity index (χ4v) is 3.42. The number of carbonyl (C=O) groups excluding carboxylic acids is 2. The van der Waals surface area contributed by atoms with E-state index in [0.29, 0.717) is 13.0 Å². The molecule has 0 aliphatic carbocycles. The molecular weight excluding hydrogens is 318 g/mol. The van der Waals surface area contributed by atoms with E-state index in [1.165, 1.54) is 7.11 Å². The van der Waals surface area contributed by atoms with E-state index in [1.807, 2.05) is 45.0 Å². The van der Waals surface area contributed by atoms with Gasteiger partial charge < -0.3 is 14.4 Å². The number of benzene rings is 1. The lowest BCUT2D eigenvalue weighted by Crippen LogP contribution is -2.43. The summed E-state index contributed by atoms with van der Waals surface area (Å²) < 4.78 is 10.6. The third kappa shape index (κ3) is 3.97. The normalized spacial score (nSPS) is 20.7. The molecule has 2 rings (SSSR count). The highest BCUT2D eigenvalue weighted by atomic mass is 16.6. The van der Waals surface area contributed by atoms with Gasteiger partial charge in [-0.3, -0.25) is 4.79 Å². The summed E-state index contributed by atoms with van der Waals surface area (Å²) in [5, 5.41) is 0. The van der Waals surface area contributed by atoms with Crippen LogP contribution in [-0.2, 0) is 19.7 Å². The van der Waals surface area contributed by atoms with Gasteiger partial charge in [-0.25, -0.2) is 4.79 Å². The van der Waals surface area contributed by atoms with Gasteiger partial charge in [0.15, 0.2) is 0 Å². The van der Waals surface area contributed by atoms with Crippen LogP contribution >= 0.6 is 0 Å². The zero-order chi connectivity index (χ0) is 18.8. The first-order chi connectivity index (χ1) is 11.6. The lowest BCUT2D eigenvalue weighted by atomic mass is 9.75. The van der Waals surface area contributed by atoms with Gasteiger partial charge in [-0.05, 0) is 44.2 Å². The zero-order valence-corrected chi connectivity index (χ0v) is 16.1. The molecule has 1 aliphatic heterocycles. The van der Waals surface area contributed by atoms with E-state index in [0.717, 1.165) is 11.1 Å². The molecule has 0 saturated carbocycles. The molecule has 1 unspecified atom stereocenters. The van der Waals surface area contributed by atoms with Gasteiger partial charge >= 0.3 is 12.1 Å². The molecule has 1 amide bonds. The number of amides is 1. The second kappa shape index (κ2) is 7.06. The van der Waals surface area contributed by atoms with Crippen LogP contribution in [0.4, 0.5) is 4.79 Å². The predicted octanol–water partition coefficient (Wildman–Crippen LogP) is 3.86. The van der Waals surface area contributed by atoms with Gasteiger partial charge in [0, 0.05) is 13.1 Å². The zero-order valence-electron chi connectivity index (χ0n) is 16.1. The summed E-state index contributed by atoms with van der Waals surface area (Å²) >= 11 is 0. The molecular formula is C20H29NO4. The van der Waals surface area contributed by atoms with Crippen LogP contribution in [0.1, 0.15) is 58.1 Å². The highest BCUT2D eigenvalue weighted by Gasteiger charge is 2.50. The van der Waals surface area contributed by atoms with Gasteiger partial charge in [0.1, 0.15) is 11.0 Å². The van der Waals surface area contributed by atoms with Crippen LogP contribution in [0.3, 0.4) is 0 Å². The molecule has 1 aliphatic rings. The van der Waals surface area contributed by atoms with Crippen molar-refractivity contribution in [2.24, 2.45) is 0 Å². The van der Waals surface area contributed by atoms with Crippen molar-refractivity contribution in [1.82, 2.24) is 4.90 Å². The first-order valence-electron chi connectivity index (χ1n) is 8.76. The number of likely N-dealkylation sites (tertiary alicyclic amines) is 1. The Morgan fingerprint density at radius 2 is 1.84 bits per heavy atom. The average Bonchev–Trinajstić information content (AvgIpc) is 2.99. The van der Waals surface area contributed by atoms with E-state index in [1.54, 1.807) is 4.90 Å². The Bertz CT molecular complexity index is 647. The summed E-state index contributed by atoms with van der Waals surface area (Å²) in [6, 6.07) is 7.93. The molecule has 5 heteroatoms. The number of methoxy groups -OCH3 is 1. The van der Waals surface area contributed by atoms with Crippen molar-refractivity contribution < 1.29 is 19.1 Å². The topological polar surface area (TPSA) is 55.8 Å². The Hall–Kier alpha value is -2.04. The van der Waals surface area contributed by atoms with Crippen molar-refractivity contribution in [1.29, 1.82) is 0 Å². The fourth-order valence-electron chi connectivity index (χ4n) is 3.42. The van der Waals surface area contributed by atoms with Crippen molar-refractivity contribution in [3.63, 3.8) is 0 Å². The predicted molar refractivity (Wildman–Crippen MR) is 96.6 cm³/mol. The maximum Gasteiger partial charge on any atom is 0.410 e. The van der Waals surface area contributed by atoms with E-state index in [9.17, 15) is 9.59 Å². The van der Waals surface area contributed by atoms with Crippen molar-refractivity contribution in [2.45, 2.75) is 58.0 Å². The van der Waals surface area contributed by atoms with Crippen LogP contribution in [0.15, 0.2) is 24.3 Å². The fraction of sp³-hybridized carbons (Fsp3) is 0.600. The van der Waals surface area contributed by atoms with Crippen LogP contribution < -0.4 is 0 Å². The number of ether oxygens (including phenoxy) is 2. The van der Waals surface area contributed by atoms with Crippen molar-refractivity contribution in [3.05, 3.63) is 35.4 Å². The lowest BCUT2D eigenvalue weighted by molar-refractivity contribution is -0.147. The molecule has 1 fully saturated rings. The third-order valence-corrected chi connectivity index (χ3v) is 4.60. The van der Waals surface area contributed by atoms with Gasteiger partial charge in [-0.1, -0.05) is 38.1 Å². The first-order valence-corrected chi connectivity index (χ1v) is 8.76. The molecule has 1 heterocycles. The smallest absolute Gasteiger partial charge is 0.410 e. The van der Waals surface area contributed by atoms with Crippen LogP contribution in [0.25, 0.3) is 0 Å². The van der Waals surface area contributed by atoms with Crippen LogP contribution in [-0.4, -0.2) is 42.8 Å². The standard InChI is InChI=1S/C20H29NO4/c1-14(2)15-9-7-8-10-16(15)20(17(22)24-6)11-12-21(13-20)18(23)25-19(3,4)5/h7-10,14H,11-13H2,1-6H3. The summed E-state index contributed by atoms with van der Waals surface area (Å²) in [4.78, 5) is 26.8. The maximum atomic E-state index is 12.8. The van der Waals surface area contributed by atoms with Gasteiger partial charge in [-0.15, -0.1) is 0 Å². The summed E-state index contributed by atoms with van der Waals surface area (Å²) in [7, 11) is 1.40. The van der Waals surface area contributed by atoms with Gasteiger partial charge in [0.2, 0.25) is 0 Å². The number of nitrogens with zero attached hydrogens (tertiary/aromatic N) is 1. The maximum absolute atomic E-state index is 12.8. The monoisotopic (exact) mass is 347 g/mol. The highest BCUT2D eigenvalue weighted by Crippen LogP contribution is 2.40. The van der Waals surface area contributed by atoms with Crippen molar-refractivity contribution >= 4 is 12.1 Å². The number of esters is 1. The minimum absolute atomic E-state index is 0.272. The molecule has 0 radical (unpaired) electrons. The van der Waals surface area contributed by atoms with E-state index in [4.69, 9.17) is 9.47 Å².